The van der Waals surface area contributed by atoms with Crippen LogP contribution in [-0.4, -0.2) is 41.2 Å². The lowest BCUT2D eigenvalue weighted by Crippen LogP contribution is -2.41. The van der Waals surface area contributed by atoms with E-state index in [0.29, 0.717) is 60.5 Å². The lowest BCUT2D eigenvalue weighted by atomic mass is 10.0. The third-order valence-electron chi connectivity index (χ3n) is 6.47. The van der Waals surface area contributed by atoms with E-state index in [9.17, 15) is 14.4 Å². The standard InChI is InChI=1S/C28H33N3O4/c1-4-35-28(34)30-15-12-22(13-16-30)31-17-14-23-24(27(31)33)6-5-7-25(23)29-26(32)21-10-8-20(9-11-21)18-19(2)3/h5-11,14,17,19,22H,4,12-13,15-16,18H2,1-3H3,(H,29,32). The number of nitrogens with one attached hydrogen (secondary N) is 1. The second-order valence-electron chi connectivity index (χ2n) is 9.46. The molecule has 2 amide bonds. The van der Waals surface area contributed by atoms with Crippen LogP contribution in [0.3, 0.4) is 0 Å². The largest absolute Gasteiger partial charge is 0.450 e. The predicted molar refractivity (Wildman–Crippen MR) is 138 cm³/mol. The van der Waals surface area contributed by atoms with E-state index in [4.69, 9.17) is 4.74 Å². The number of anilines is 1. The minimum absolute atomic E-state index is 0.0141. The molecule has 1 N–H and O–H groups in total. The van der Waals surface area contributed by atoms with Crippen LogP contribution in [0.5, 0.6) is 0 Å². The number of nitrogens with zero attached hydrogens (tertiary/aromatic N) is 2. The summed E-state index contributed by atoms with van der Waals surface area (Å²) in [5, 5.41) is 4.24. The summed E-state index contributed by atoms with van der Waals surface area (Å²) in [7, 11) is 0. The predicted octanol–water partition coefficient (Wildman–Crippen LogP) is 5.25. The number of pyridine rings is 1. The van der Waals surface area contributed by atoms with Gasteiger partial charge in [0.1, 0.15) is 0 Å². The minimum Gasteiger partial charge on any atom is -0.450 e. The van der Waals surface area contributed by atoms with E-state index in [1.54, 1.807) is 34.7 Å². The number of carbonyl (C=O) groups is 2. The molecule has 0 aliphatic carbocycles. The molecule has 1 saturated heterocycles. The quantitative estimate of drug-likeness (QED) is 0.528. The molecule has 0 spiro atoms. The lowest BCUT2D eigenvalue weighted by Gasteiger charge is -2.32. The van der Waals surface area contributed by atoms with Crippen molar-refractivity contribution in [2.24, 2.45) is 5.92 Å². The SMILES string of the molecule is CCOC(=O)N1CCC(n2ccc3c(NC(=O)c4ccc(CC(C)C)cc4)cccc3c2=O)CC1. The van der Waals surface area contributed by atoms with Gasteiger partial charge in [-0.3, -0.25) is 9.59 Å². The van der Waals surface area contributed by atoms with Gasteiger partial charge in [-0.05, 0) is 68.0 Å². The lowest BCUT2D eigenvalue weighted by molar-refractivity contribution is 0.0923. The highest BCUT2D eigenvalue weighted by Gasteiger charge is 2.25. The molecule has 2 heterocycles. The Kier molecular flexibility index (Phi) is 7.54. The Balaban J connectivity index is 1.51. The van der Waals surface area contributed by atoms with E-state index < -0.39 is 0 Å². The molecule has 7 nitrogen and oxygen atoms in total. The zero-order valence-corrected chi connectivity index (χ0v) is 20.6. The molecule has 1 aliphatic heterocycles. The summed E-state index contributed by atoms with van der Waals surface area (Å²) in [6, 6.07) is 15.0. The molecule has 1 fully saturated rings. The summed E-state index contributed by atoms with van der Waals surface area (Å²) in [5.41, 5.74) is 2.30. The maximum Gasteiger partial charge on any atom is 0.409 e. The van der Waals surface area contributed by atoms with Crippen molar-refractivity contribution in [3.05, 3.63) is 76.2 Å². The Morgan fingerprint density at radius 2 is 1.74 bits per heavy atom. The maximum absolute atomic E-state index is 13.3. The van der Waals surface area contributed by atoms with E-state index in [1.807, 2.05) is 36.4 Å². The van der Waals surface area contributed by atoms with Crippen LogP contribution in [0.1, 0.15) is 55.6 Å². The van der Waals surface area contributed by atoms with Crippen LogP contribution < -0.4 is 10.9 Å². The second kappa shape index (κ2) is 10.8. The summed E-state index contributed by atoms with van der Waals surface area (Å²) in [4.78, 5) is 39.9. The molecular weight excluding hydrogens is 442 g/mol. The number of ether oxygens (including phenoxy) is 1. The van der Waals surface area contributed by atoms with Gasteiger partial charge in [-0.15, -0.1) is 0 Å². The van der Waals surface area contributed by atoms with Gasteiger partial charge in [-0.25, -0.2) is 4.79 Å². The number of aromatic nitrogens is 1. The number of benzene rings is 2. The summed E-state index contributed by atoms with van der Waals surface area (Å²) in [6.45, 7) is 7.59. The Morgan fingerprint density at radius 3 is 2.40 bits per heavy atom. The van der Waals surface area contributed by atoms with Gasteiger partial charge in [0.05, 0.1) is 6.61 Å². The van der Waals surface area contributed by atoms with Crippen molar-refractivity contribution < 1.29 is 14.3 Å². The summed E-state index contributed by atoms with van der Waals surface area (Å²) < 4.78 is 6.84. The first kappa shape index (κ1) is 24.5. The summed E-state index contributed by atoms with van der Waals surface area (Å²) in [6.07, 6.45) is 3.85. The van der Waals surface area contributed by atoms with Gasteiger partial charge in [0.15, 0.2) is 0 Å². The molecule has 184 valence electrons. The monoisotopic (exact) mass is 475 g/mol. The van der Waals surface area contributed by atoms with Crippen LogP contribution in [0.15, 0.2) is 59.5 Å². The van der Waals surface area contributed by atoms with Gasteiger partial charge in [-0.1, -0.05) is 32.0 Å². The number of amides is 2. The van der Waals surface area contributed by atoms with Gasteiger partial charge in [0, 0.05) is 47.4 Å². The molecule has 0 atom stereocenters. The normalized spacial score (nSPS) is 14.3. The smallest absolute Gasteiger partial charge is 0.409 e. The number of fused-ring (bicyclic) bond motifs is 1. The third kappa shape index (κ3) is 5.56. The Morgan fingerprint density at radius 1 is 1.03 bits per heavy atom. The van der Waals surface area contributed by atoms with Crippen LogP contribution in [0, 0.1) is 5.92 Å². The summed E-state index contributed by atoms with van der Waals surface area (Å²) in [5.74, 6) is 0.351. The second-order valence-corrected chi connectivity index (χ2v) is 9.46. The first-order valence-electron chi connectivity index (χ1n) is 12.3. The zero-order valence-electron chi connectivity index (χ0n) is 20.6. The van der Waals surface area contributed by atoms with Gasteiger partial charge in [0.25, 0.3) is 11.5 Å². The van der Waals surface area contributed by atoms with Crippen molar-refractivity contribution in [3.63, 3.8) is 0 Å². The number of likely N-dealkylation sites (tertiary alicyclic amines) is 1. The molecule has 0 unspecified atom stereocenters. The molecule has 1 aliphatic rings. The van der Waals surface area contributed by atoms with Crippen LogP contribution in [0.25, 0.3) is 10.8 Å². The molecule has 1 aromatic heterocycles. The fourth-order valence-electron chi connectivity index (χ4n) is 4.69. The van der Waals surface area contributed by atoms with Crippen molar-refractivity contribution in [3.8, 4) is 0 Å². The van der Waals surface area contributed by atoms with Gasteiger partial charge >= 0.3 is 6.09 Å². The first-order chi connectivity index (χ1) is 16.9. The fourth-order valence-corrected chi connectivity index (χ4v) is 4.69. The van der Waals surface area contributed by atoms with Crippen LogP contribution in [0.4, 0.5) is 10.5 Å². The molecule has 7 heteroatoms. The molecule has 3 aromatic rings. The molecule has 4 rings (SSSR count). The summed E-state index contributed by atoms with van der Waals surface area (Å²) >= 11 is 0. The van der Waals surface area contributed by atoms with Gasteiger partial charge < -0.3 is 19.5 Å². The molecule has 0 bridgehead atoms. The van der Waals surface area contributed by atoms with E-state index in [1.165, 1.54) is 5.56 Å². The highest BCUT2D eigenvalue weighted by molar-refractivity contribution is 6.09. The van der Waals surface area contributed by atoms with Crippen molar-refractivity contribution in [1.82, 2.24) is 9.47 Å². The van der Waals surface area contributed by atoms with E-state index in [0.717, 1.165) is 6.42 Å². The van der Waals surface area contributed by atoms with Crippen molar-refractivity contribution in [2.75, 3.05) is 25.0 Å². The highest BCUT2D eigenvalue weighted by Crippen LogP contribution is 2.26. The van der Waals surface area contributed by atoms with E-state index >= 15 is 0 Å². The number of carbonyl (C=O) groups excluding carboxylic acids is 2. The van der Waals surface area contributed by atoms with Crippen LogP contribution in [-0.2, 0) is 11.2 Å². The third-order valence-corrected chi connectivity index (χ3v) is 6.47. The Bertz CT molecular complexity index is 1260. The average Bonchev–Trinajstić information content (AvgIpc) is 2.85. The number of hydrogen-bond donors (Lipinski definition) is 1. The van der Waals surface area contributed by atoms with Crippen molar-refractivity contribution >= 4 is 28.5 Å². The fraction of sp³-hybridized carbons (Fsp3) is 0.393. The van der Waals surface area contributed by atoms with Crippen molar-refractivity contribution in [1.29, 1.82) is 0 Å². The van der Waals surface area contributed by atoms with E-state index in [2.05, 4.69) is 19.2 Å². The van der Waals surface area contributed by atoms with Gasteiger partial charge in [0.2, 0.25) is 0 Å². The number of piperidine rings is 1. The number of rotatable bonds is 6. The minimum atomic E-state index is -0.299. The van der Waals surface area contributed by atoms with Crippen molar-refractivity contribution in [2.45, 2.75) is 46.1 Å². The van der Waals surface area contributed by atoms with E-state index in [-0.39, 0.29) is 23.6 Å². The average molecular weight is 476 g/mol. The molecule has 0 radical (unpaired) electrons. The van der Waals surface area contributed by atoms with Crippen LogP contribution >= 0.6 is 0 Å². The molecule has 2 aromatic carbocycles. The molecule has 35 heavy (non-hydrogen) atoms. The zero-order chi connectivity index (χ0) is 24.9. The van der Waals surface area contributed by atoms with Crippen LogP contribution in [0.2, 0.25) is 0 Å². The number of hydrogen-bond acceptors (Lipinski definition) is 4. The molecular formula is C28H33N3O4. The van der Waals surface area contributed by atoms with Gasteiger partial charge in [-0.2, -0.15) is 0 Å². The molecule has 0 saturated carbocycles. The Hall–Kier alpha value is -3.61. The highest BCUT2D eigenvalue weighted by atomic mass is 16.6. The maximum atomic E-state index is 13.3. The first-order valence-corrected chi connectivity index (χ1v) is 12.3. The topological polar surface area (TPSA) is 80.6 Å². The Labute approximate surface area is 205 Å².